The maximum absolute atomic E-state index is 11.1. The van der Waals surface area contributed by atoms with Crippen LogP contribution in [0.2, 0.25) is 0 Å². The first-order valence-electron chi connectivity index (χ1n) is 5.45. The number of benzene rings is 1. The first-order chi connectivity index (χ1) is 7.74. The van der Waals surface area contributed by atoms with Gasteiger partial charge in [-0.3, -0.25) is 0 Å². The van der Waals surface area contributed by atoms with E-state index in [1.165, 1.54) is 6.07 Å². The summed E-state index contributed by atoms with van der Waals surface area (Å²) in [5.74, 6) is 0. The average molecular weight is 216 g/mol. The van der Waals surface area contributed by atoms with Crippen LogP contribution in [0.15, 0.2) is 33.5 Å². The molecule has 3 heteroatoms. The minimum Gasteiger partial charge on any atom is -0.423 e. The molecular weight excluding hydrogens is 202 g/mol. The molecule has 0 amide bonds. The molecule has 3 nitrogen and oxygen atoms in total. The zero-order valence-electron chi connectivity index (χ0n) is 9.49. The van der Waals surface area contributed by atoms with Gasteiger partial charge in [0.2, 0.25) is 0 Å². The van der Waals surface area contributed by atoms with Crippen LogP contribution in [0.25, 0.3) is 11.0 Å². The van der Waals surface area contributed by atoms with Gasteiger partial charge in [-0.05, 0) is 26.0 Å². The molecule has 0 bridgehead atoms. The molecule has 1 heterocycles. The van der Waals surface area contributed by atoms with E-state index >= 15 is 0 Å². The molecule has 1 aromatic heterocycles. The first kappa shape index (κ1) is 10.7. The number of anilines is 1. The van der Waals surface area contributed by atoms with Crippen molar-refractivity contribution in [1.82, 2.24) is 0 Å². The molecule has 1 radical (unpaired) electrons. The molecule has 0 spiro atoms. The largest absolute Gasteiger partial charge is 0.423 e. The van der Waals surface area contributed by atoms with Gasteiger partial charge in [-0.1, -0.05) is 0 Å². The van der Waals surface area contributed by atoms with Crippen LogP contribution in [0.5, 0.6) is 0 Å². The molecule has 0 N–H and O–H groups in total. The van der Waals surface area contributed by atoms with Crippen molar-refractivity contribution in [2.45, 2.75) is 13.8 Å². The lowest BCUT2D eigenvalue weighted by atomic mass is 10.2. The zero-order valence-corrected chi connectivity index (χ0v) is 9.49. The number of nitrogens with zero attached hydrogens (tertiary/aromatic N) is 1. The van der Waals surface area contributed by atoms with E-state index in [1.807, 2.05) is 18.2 Å². The van der Waals surface area contributed by atoms with E-state index in [1.54, 1.807) is 0 Å². The van der Waals surface area contributed by atoms with E-state index in [0.29, 0.717) is 5.58 Å². The summed E-state index contributed by atoms with van der Waals surface area (Å²) in [5, 5.41) is 0.829. The lowest BCUT2D eigenvalue weighted by molar-refractivity contribution is 0.560. The fraction of sp³-hybridized carbons (Fsp3) is 0.308. The highest BCUT2D eigenvalue weighted by Crippen LogP contribution is 2.20. The van der Waals surface area contributed by atoms with Crippen LogP contribution >= 0.6 is 0 Å². The van der Waals surface area contributed by atoms with Gasteiger partial charge >= 0.3 is 5.63 Å². The van der Waals surface area contributed by atoms with E-state index in [2.05, 4.69) is 24.8 Å². The number of fused-ring (bicyclic) bond motifs is 1. The third-order valence-electron chi connectivity index (χ3n) is 2.65. The van der Waals surface area contributed by atoms with Gasteiger partial charge in [-0.25, -0.2) is 4.79 Å². The Labute approximate surface area is 94.3 Å². The first-order valence-corrected chi connectivity index (χ1v) is 5.45. The third kappa shape index (κ3) is 1.94. The molecule has 0 atom stereocenters. The van der Waals surface area contributed by atoms with Crippen molar-refractivity contribution < 1.29 is 4.42 Å². The number of rotatable bonds is 3. The predicted octanol–water partition coefficient (Wildman–Crippen LogP) is 2.44. The molecule has 83 valence electrons. The molecule has 0 saturated carbocycles. The molecule has 0 aliphatic heterocycles. The van der Waals surface area contributed by atoms with Gasteiger partial charge in [0.05, 0.1) is 0 Å². The second-order valence-corrected chi connectivity index (χ2v) is 3.56. The predicted molar refractivity (Wildman–Crippen MR) is 64.9 cm³/mol. The minimum atomic E-state index is -0.357. The number of hydrogen-bond acceptors (Lipinski definition) is 3. The molecule has 0 aliphatic carbocycles. The van der Waals surface area contributed by atoms with Gasteiger partial charge in [0.1, 0.15) is 5.58 Å². The molecule has 1 aromatic carbocycles. The molecule has 0 unspecified atom stereocenters. The van der Waals surface area contributed by atoms with Crippen LogP contribution in [0.4, 0.5) is 5.69 Å². The van der Waals surface area contributed by atoms with Crippen LogP contribution in [-0.2, 0) is 0 Å². The Morgan fingerprint density at radius 3 is 2.75 bits per heavy atom. The van der Waals surface area contributed by atoms with Gasteiger partial charge < -0.3 is 9.32 Å². The summed E-state index contributed by atoms with van der Waals surface area (Å²) in [6, 6.07) is 10.0. The zero-order chi connectivity index (χ0) is 11.5. The summed E-state index contributed by atoms with van der Waals surface area (Å²) >= 11 is 0. The van der Waals surface area contributed by atoms with E-state index in [-0.39, 0.29) is 5.63 Å². The SMILES string of the molecule is CCN(CC)c1ccc2[c]cc(=O)oc2c1. The van der Waals surface area contributed by atoms with Crippen molar-refractivity contribution in [2.24, 2.45) is 0 Å². The fourth-order valence-corrected chi connectivity index (χ4v) is 1.77. The summed E-state index contributed by atoms with van der Waals surface area (Å²) < 4.78 is 5.13. The highest BCUT2D eigenvalue weighted by molar-refractivity contribution is 5.79. The van der Waals surface area contributed by atoms with E-state index < -0.39 is 0 Å². The molecule has 0 aliphatic rings. The molecular formula is C13H14NO2. The van der Waals surface area contributed by atoms with Crippen LogP contribution < -0.4 is 10.5 Å². The van der Waals surface area contributed by atoms with E-state index in [9.17, 15) is 4.79 Å². The van der Waals surface area contributed by atoms with Gasteiger partial charge in [0.15, 0.2) is 0 Å². The maximum atomic E-state index is 11.1. The molecule has 0 saturated heterocycles. The van der Waals surface area contributed by atoms with E-state index in [4.69, 9.17) is 4.42 Å². The highest BCUT2D eigenvalue weighted by atomic mass is 16.4. The lowest BCUT2D eigenvalue weighted by Crippen LogP contribution is -2.21. The van der Waals surface area contributed by atoms with Gasteiger partial charge in [-0.15, -0.1) is 0 Å². The lowest BCUT2D eigenvalue weighted by Gasteiger charge is -2.20. The molecule has 16 heavy (non-hydrogen) atoms. The second kappa shape index (κ2) is 4.39. The Morgan fingerprint density at radius 2 is 2.06 bits per heavy atom. The van der Waals surface area contributed by atoms with Crippen molar-refractivity contribution >= 4 is 16.7 Å². The monoisotopic (exact) mass is 216 g/mol. The summed E-state index contributed by atoms with van der Waals surface area (Å²) in [6.07, 6.45) is 0. The van der Waals surface area contributed by atoms with Crippen molar-refractivity contribution in [3.63, 3.8) is 0 Å². The standard InChI is InChI=1S/C13H14NO2/c1-3-14(4-2)11-7-5-10-6-8-13(15)16-12(10)9-11/h5,7-9H,3-4H2,1-2H3. The minimum absolute atomic E-state index is 0.357. The van der Waals surface area contributed by atoms with E-state index in [0.717, 1.165) is 24.2 Å². The van der Waals surface area contributed by atoms with Gasteiger partial charge in [0, 0.05) is 42.4 Å². The topological polar surface area (TPSA) is 33.5 Å². The Morgan fingerprint density at radius 1 is 1.31 bits per heavy atom. The summed E-state index contributed by atoms with van der Waals surface area (Å²) in [5.41, 5.74) is 1.31. The normalized spacial score (nSPS) is 10.6. The summed E-state index contributed by atoms with van der Waals surface area (Å²) in [6.45, 7) is 6.06. The summed E-state index contributed by atoms with van der Waals surface area (Å²) in [4.78, 5) is 13.3. The van der Waals surface area contributed by atoms with Crippen LogP contribution in [-0.4, -0.2) is 13.1 Å². The molecule has 0 fully saturated rings. The van der Waals surface area contributed by atoms with Crippen molar-refractivity contribution in [3.8, 4) is 0 Å². The highest BCUT2D eigenvalue weighted by Gasteiger charge is 2.04. The Hall–Kier alpha value is -1.77. The van der Waals surface area contributed by atoms with Crippen LogP contribution in [0.3, 0.4) is 0 Å². The Balaban J connectivity index is 2.54. The smallest absolute Gasteiger partial charge is 0.336 e. The second-order valence-electron chi connectivity index (χ2n) is 3.56. The Kier molecular flexibility index (Phi) is 2.95. The van der Waals surface area contributed by atoms with Gasteiger partial charge in [-0.2, -0.15) is 0 Å². The molecule has 2 aromatic rings. The fourth-order valence-electron chi connectivity index (χ4n) is 1.77. The quantitative estimate of drug-likeness (QED) is 0.739. The summed E-state index contributed by atoms with van der Waals surface area (Å²) in [7, 11) is 0. The van der Waals surface area contributed by atoms with Crippen molar-refractivity contribution in [1.29, 1.82) is 0 Å². The van der Waals surface area contributed by atoms with Crippen molar-refractivity contribution in [2.75, 3.05) is 18.0 Å². The maximum Gasteiger partial charge on any atom is 0.336 e. The van der Waals surface area contributed by atoms with Crippen molar-refractivity contribution in [3.05, 3.63) is 40.8 Å². The van der Waals surface area contributed by atoms with Crippen LogP contribution in [0, 0.1) is 6.07 Å². The third-order valence-corrected chi connectivity index (χ3v) is 2.65. The molecule has 2 rings (SSSR count). The number of hydrogen-bond donors (Lipinski definition) is 0. The Bertz CT molecular complexity index is 541. The van der Waals surface area contributed by atoms with Crippen LogP contribution in [0.1, 0.15) is 13.8 Å². The van der Waals surface area contributed by atoms with Gasteiger partial charge in [0.25, 0.3) is 0 Å². The average Bonchev–Trinajstić information content (AvgIpc) is 2.30.